The summed E-state index contributed by atoms with van der Waals surface area (Å²) >= 11 is 0.963. The highest BCUT2D eigenvalue weighted by Crippen LogP contribution is 2.13. The number of methoxy groups -OCH3 is 1. The van der Waals surface area contributed by atoms with Crippen LogP contribution in [0.1, 0.15) is 12.5 Å². The van der Waals surface area contributed by atoms with E-state index in [0.29, 0.717) is 5.56 Å². The quantitative estimate of drug-likeness (QED) is 0.390. The Labute approximate surface area is 156 Å². The molecule has 27 heavy (non-hydrogen) atoms. The van der Waals surface area contributed by atoms with Gasteiger partial charge in [0.2, 0.25) is 0 Å². The van der Waals surface area contributed by atoms with Crippen molar-refractivity contribution in [2.45, 2.75) is 13.5 Å². The minimum absolute atomic E-state index is 0.117. The Bertz CT molecular complexity index is 1050. The lowest BCUT2D eigenvalue weighted by Crippen LogP contribution is -2.34. The first-order chi connectivity index (χ1) is 12.8. The van der Waals surface area contributed by atoms with Gasteiger partial charge in [0.05, 0.1) is 29.2 Å². The number of non-ortho nitro benzene ring substituents is 1. The Hall–Kier alpha value is -3.27. The van der Waals surface area contributed by atoms with Gasteiger partial charge in [0.15, 0.2) is 0 Å². The second-order valence-electron chi connectivity index (χ2n) is 5.16. The molecule has 2 aromatic rings. The Morgan fingerprint density at radius 1 is 1.37 bits per heavy atom. The minimum Gasteiger partial charge on any atom is -0.468 e. The van der Waals surface area contributed by atoms with E-state index in [9.17, 15) is 24.5 Å². The van der Waals surface area contributed by atoms with Crippen LogP contribution in [0.15, 0.2) is 29.1 Å². The summed E-state index contributed by atoms with van der Waals surface area (Å²) in [6, 6.07) is 5.75. The van der Waals surface area contributed by atoms with Crippen LogP contribution < -0.4 is 14.8 Å². The molecule has 9 nitrogen and oxygen atoms in total. The van der Waals surface area contributed by atoms with Crippen LogP contribution in [-0.2, 0) is 25.6 Å². The standard InChI is InChI=1S/C17H16N2O7S/c1-3-26-15(20)9-14-18(10-16(21)25-2)17(22)13(27-14)8-11-5-4-6-12(7-11)19(23)24/h4-9H,3,10H2,1-2H3/b13-8-,14-9-. The lowest BCUT2D eigenvalue weighted by molar-refractivity contribution is -0.384. The number of carbonyl (C=O) groups is 2. The van der Waals surface area contributed by atoms with Gasteiger partial charge in [-0.25, -0.2) is 4.79 Å². The van der Waals surface area contributed by atoms with E-state index in [2.05, 4.69) is 4.74 Å². The van der Waals surface area contributed by atoms with Gasteiger partial charge in [0, 0.05) is 12.1 Å². The zero-order chi connectivity index (χ0) is 20.0. The molecule has 1 aromatic carbocycles. The van der Waals surface area contributed by atoms with Gasteiger partial charge in [-0.1, -0.05) is 12.1 Å². The highest BCUT2D eigenvalue weighted by atomic mass is 32.1. The van der Waals surface area contributed by atoms with E-state index in [1.165, 1.54) is 31.4 Å². The molecule has 0 aliphatic heterocycles. The van der Waals surface area contributed by atoms with Gasteiger partial charge < -0.3 is 9.47 Å². The summed E-state index contributed by atoms with van der Waals surface area (Å²) in [6.45, 7) is 1.43. The first kappa shape index (κ1) is 20.0. The van der Waals surface area contributed by atoms with E-state index < -0.39 is 22.4 Å². The number of nitrogens with zero attached hydrogens (tertiary/aromatic N) is 2. The largest absolute Gasteiger partial charge is 0.468 e. The smallest absolute Gasteiger partial charge is 0.333 e. The van der Waals surface area contributed by atoms with Crippen LogP contribution in [0, 0.1) is 10.1 Å². The third-order valence-corrected chi connectivity index (χ3v) is 4.42. The summed E-state index contributed by atoms with van der Waals surface area (Å²) in [6.07, 6.45) is 2.57. The average Bonchev–Trinajstić information content (AvgIpc) is 2.90. The van der Waals surface area contributed by atoms with Crippen molar-refractivity contribution in [3.8, 4) is 0 Å². The molecule has 0 unspecified atom stereocenters. The van der Waals surface area contributed by atoms with Crippen molar-refractivity contribution in [1.82, 2.24) is 4.57 Å². The normalized spacial score (nSPS) is 12.1. The lowest BCUT2D eigenvalue weighted by atomic mass is 10.2. The molecule has 0 fully saturated rings. The van der Waals surface area contributed by atoms with E-state index in [1.54, 1.807) is 13.0 Å². The second kappa shape index (κ2) is 8.90. The molecule has 0 aliphatic carbocycles. The lowest BCUT2D eigenvalue weighted by Gasteiger charge is -2.00. The number of carbonyl (C=O) groups excluding carboxylic acids is 2. The van der Waals surface area contributed by atoms with Gasteiger partial charge in [-0.15, -0.1) is 11.3 Å². The summed E-state index contributed by atoms with van der Waals surface area (Å²) in [7, 11) is 1.19. The fraction of sp³-hybridized carbons (Fsp3) is 0.235. The first-order valence-corrected chi connectivity index (χ1v) is 8.58. The van der Waals surface area contributed by atoms with Gasteiger partial charge in [-0.05, 0) is 18.6 Å². The van der Waals surface area contributed by atoms with Crippen LogP contribution in [0.3, 0.4) is 0 Å². The Morgan fingerprint density at radius 2 is 2.11 bits per heavy atom. The zero-order valence-corrected chi connectivity index (χ0v) is 15.4. The molecule has 10 heteroatoms. The molecule has 1 aromatic heterocycles. The highest BCUT2D eigenvalue weighted by Gasteiger charge is 2.12. The van der Waals surface area contributed by atoms with Crippen LogP contribution in [-0.4, -0.2) is 35.1 Å². The number of esters is 2. The minimum atomic E-state index is -0.657. The van der Waals surface area contributed by atoms with Gasteiger partial charge >= 0.3 is 11.9 Å². The van der Waals surface area contributed by atoms with E-state index in [1.807, 2.05) is 0 Å². The summed E-state index contributed by atoms with van der Waals surface area (Å²) in [5.41, 5.74) is -0.198. The average molecular weight is 392 g/mol. The van der Waals surface area contributed by atoms with Gasteiger partial charge in [-0.2, -0.15) is 0 Å². The van der Waals surface area contributed by atoms with Gasteiger partial charge in [0.1, 0.15) is 11.2 Å². The van der Waals surface area contributed by atoms with Crippen molar-refractivity contribution in [2.24, 2.45) is 0 Å². The van der Waals surface area contributed by atoms with Crippen LogP contribution in [0.2, 0.25) is 0 Å². The van der Waals surface area contributed by atoms with E-state index in [-0.39, 0.29) is 28.0 Å². The predicted octanol–water partition coefficient (Wildman–Crippen LogP) is 0.163. The van der Waals surface area contributed by atoms with Crippen LogP contribution in [0.4, 0.5) is 5.69 Å². The molecule has 2 rings (SSSR count). The van der Waals surface area contributed by atoms with Crippen LogP contribution in [0.25, 0.3) is 12.2 Å². The summed E-state index contributed by atoms with van der Waals surface area (Å²) in [5, 5.41) is 10.9. The number of rotatable bonds is 6. The number of hydrogen-bond donors (Lipinski definition) is 0. The zero-order valence-electron chi connectivity index (χ0n) is 14.5. The topological polar surface area (TPSA) is 118 Å². The third-order valence-electron chi connectivity index (χ3n) is 3.36. The van der Waals surface area contributed by atoms with Crippen molar-refractivity contribution in [1.29, 1.82) is 0 Å². The van der Waals surface area contributed by atoms with Gasteiger partial charge in [0.25, 0.3) is 11.2 Å². The number of thiazole rings is 1. The Balaban J connectivity index is 2.62. The summed E-state index contributed by atoms with van der Waals surface area (Å²) < 4.78 is 10.9. The first-order valence-electron chi connectivity index (χ1n) is 7.76. The van der Waals surface area contributed by atoms with Crippen molar-refractivity contribution in [3.05, 3.63) is 59.5 Å². The fourth-order valence-electron chi connectivity index (χ4n) is 2.15. The molecular formula is C17H16N2O7S. The van der Waals surface area contributed by atoms with Crippen LogP contribution >= 0.6 is 11.3 Å². The van der Waals surface area contributed by atoms with Crippen molar-refractivity contribution in [3.63, 3.8) is 0 Å². The molecule has 0 radical (unpaired) electrons. The van der Waals surface area contributed by atoms with Crippen LogP contribution in [0.5, 0.6) is 0 Å². The number of nitro benzene ring substituents is 1. The molecule has 142 valence electrons. The van der Waals surface area contributed by atoms with E-state index in [0.717, 1.165) is 22.0 Å². The van der Waals surface area contributed by atoms with Crippen molar-refractivity contribution >= 4 is 41.1 Å². The molecule has 0 amide bonds. The molecule has 0 bridgehead atoms. The maximum atomic E-state index is 12.6. The molecular weight excluding hydrogens is 376 g/mol. The maximum Gasteiger partial charge on any atom is 0.333 e. The summed E-state index contributed by atoms with van der Waals surface area (Å²) in [5.74, 6) is -1.31. The van der Waals surface area contributed by atoms with E-state index in [4.69, 9.17) is 4.74 Å². The molecule has 0 saturated carbocycles. The Kier molecular flexibility index (Phi) is 6.61. The predicted molar refractivity (Wildman–Crippen MR) is 97.6 cm³/mol. The molecule has 0 N–H and O–H groups in total. The Morgan fingerprint density at radius 3 is 2.74 bits per heavy atom. The fourth-order valence-corrected chi connectivity index (χ4v) is 3.18. The summed E-state index contributed by atoms with van der Waals surface area (Å²) in [4.78, 5) is 46.3. The number of benzene rings is 1. The second-order valence-corrected chi connectivity index (χ2v) is 6.23. The SMILES string of the molecule is CCOC(=O)/C=c1\s/c(=C\c2cccc([N+](=O)[O-])c2)c(=O)n1CC(=O)OC. The molecule has 0 aliphatic rings. The third kappa shape index (κ3) is 5.11. The molecule has 0 atom stereocenters. The van der Waals surface area contributed by atoms with Crippen molar-refractivity contribution in [2.75, 3.05) is 13.7 Å². The molecule has 1 heterocycles. The van der Waals surface area contributed by atoms with Crippen molar-refractivity contribution < 1.29 is 24.0 Å². The number of hydrogen-bond acceptors (Lipinski definition) is 8. The molecule has 0 saturated heterocycles. The van der Waals surface area contributed by atoms with E-state index >= 15 is 0 Å². The van der Waals surface area contributed by atoms with Gasteiger partial charge in [-0.3, -0.25) is 24.3 Å². The maximum absolute atomic E-state index is 12.6. The highest BCUT2D eigenvalue weighted by molar-refractivity contribution is 7.07. The number of ether oxygens (including phenoxy) is 2. The molecule has 0 spiro atoms. The monoisotopic (exact) mass is 392 g/mol. The number of aromatic nitrogens is 1. The number of nitro groups is 1.